The van der Waals surface area contributed by atoms with E-state index < -0.39 is 29.4 Å². The van der Waals surface area contributed by atoms with Gasteiger partial charge in [0.1, 0.15) is 12.1 Å². The van der Waals surface area contributed by atoms with Gasteiger partial charge >= 0.3 is 12.0 Å². The molecule has 0 unspecified atom stereocenters. The molecule has 2 N–H and O–H groups in total. The van der Waals surface area contributed by atoms with E-state index in [0.29, 0.717) is 11.1 Å². The molecule has 1 atom stereocenters. The van der Waals surface area contributed by atoms with E-state index in [4.69, 9.17) is 0 Å². The molecule has 0 aromatic heterocycles. The van der Waals surface area contributed by atoms with Crippen LogP contribution in [0.4, 0.5) is 4.79 Å². The average molecular weight is 395 g/mol. The highest BCUT2D eigenvalue weighted by molar-refractivity contribution is 6.09. The molecule has 1 heterocycles. The van der Waals surface area contributed by atoms with Crippen LogP contribution in [0.15, 0.2) is 54.6 Å². The molecule has 4 amide bonds. The Morgan fingerprint density at radius 1 is 1.07 bits per heavy atom. The third-order valence-electron chi connectivity index (χ3n) is 4.79. The fraction of sp³-hybridized carbons (Fsp3) is 0.238. The number of ether oxygens (including phenoxy) is 1. The number of nitrogens with one attached hydrogen (secondary N) is 2. The summed E-state index contributed by atoms with van der Waals surface area (Å²) >= 11 is 0. The number of methoxy groups -OCH3 is 1. The van der Waals surface area contributed by atoms with E-state index in [2.05, 4.69) is 15.4 Å². The number of esters is 1. The van der Waals surface area contributed by atoms with Gasteiger partial charge in [0.25, 0.3) is 5.91 Å². The van der Waals surface area contributed by atoms with Crippen LogP contribution in [0.3, 0.4) is 0 Å². The summed E-state index contributed by atoms with van der Waals surface area (Å²) in [6.07, 6.45) is 0. The van der Waals surface area contributed by atoms with E-state index in [1.165, 1.54) is 7.11 Å². The molecular weight excluding hydrogens is 374 g/mol. The maximum atomic E-state index is 12.8. The van der Waals surface area contributed by atoms with E-state index in [1.54, 1.807) is 55.5 Å². The predicted molar refractivity (Wildman–Crippen MR) is 104 cm³/mol. The molecule has 8 heteroatoms. The molecular formula is C21H21N3O5. The molecule has 0 radical (unpaired) electrons. The van der Waals surface area contributed by atoms with Gasteiger partial charge < -0.3 is 15.4 Å². The van der Waals surface area contributed by atoms with Gasteiger partial charge in [-0.3, -0.25) is 14.5 Å². The molecule has 150 valence electrons. The van der Waals surface area contributed by atoms with E-state index >= 15 is 0 Å². The van der Waals surface area contributed by atoms with E-state index in [9.17, 15) is 19.2 Å². The van der Waals surface area contributed by atoms with Crippen LogP contribution >= 0.6 is 0 Å². The summed E-state index contributed by atoms with van der Waals surface area (Å²) in [5.41, 5.74) is 0.605. The van der Waals surface area contributed by atoms with Crippen molar-refractivity contribution in [2.75, 3.05) is 13.7 Å². The largest absolute Gasteiger partial charge is 0.465 e. The number of carbonyl (C=O) groups is 4. The zero-order chi connectivity index (χ0) is 21.0. The molecule has 2 aromatic rings. The van der Waals surface area contributed by atoms with Gasteiger partial charge in [-0.25, -0.2) is 9.59 Å². The Morgan fingerprint density at radius 3 is 2.34 bits per heavy atom. The van der Waals surface area contributed by atoms with Gasteiger partial charge in [0.2, 0.25) is 5.91 Å². The number of carbonyl (C=O) groups excluding carboxylic acids is 4. The first-order valence-electron chi connectivity index (χ1n) is 8.99. The Morgan fingerprint density at radius 2 is 1.72 bits per heavy atom. The molecule has 29 heavy (non-hydrogen) atoms. The molecule has 8 nitrogen and oxygen atoms in total. The van der Waals surface area contributed by atoms with Gasteiger partial charge in [0, 0.05) is 6.54 Å². The van der Waals surface area contributed by atoms with Crippen molar-refractivity contribution in [1.82, 2.24) is 15.5 Å². The second-order valence-corrected chi connectivity index (χ2v) is 6.78. The van der Waals surface area contributed by atoms with Crippen molar-refractivity contribution in [3.05, 3.63) is 71.3 Å². The fourth-order valence-electron chi connectivity index (χ4n) is 3.08. The van der Waals surface area contributed by atoms with Crippen molar-refractivity contribution in [1.29, 1.82) is 0 Å². The van der Waals surface area contributed by atoms with E-state index in [1.807, 2.05) is 6.07 Å². The Hall–Kier alpha value is -3.68. The quantitative estimate of drug-likeness (QED) is 0.571. The highest BCUT2D eigenvalue weighted by Crippen LogP contribution is 2.28. The summed E-state index contributed by atoms with van der Waals surface area (Å²) in [6, 6.07) is 14.8. The minimum Gasteiger partial charge on any atom is -0.465 e. The first-order chi connectivity index (χ1) is 13.8. The molecule has 0 spiro atoms. The number of benzene rings is 2. The number of amides is 4. The number of rotatable bonds is 6. The van der Waals surface area contributed by atoms with Crippen LogP contribution in [-0.2, 0) is 26.4 Å². The molecule has 0 bridgehead atoms. The summed E-state index contributed by atoms with van der Waals surface area (Å²) in [5, 5.41) is 5.33. The van der Waals surface area contributed by atoms with Crippen molar-refractivity contribution >= 4 is 23.8 Å². The molecule has 1 fully saturated rings. The molecule has 1 aliphatic rings. The summed E-state index contributed by atoms with van der Waals surface area (Å²) < 4.78 is 4.63. The second kappa shape index (κ2) is 8.14. The van der Waals surface area contributed by atoms with Gasteiger partial charge in [-0.1, -0.05) is 42.5 Å². The standard InChI is InChI=1S/C21H21N3O5/c1-21(16-6-4-3-5-7-16)19(27)24(20(28)23-21)13-17(25)22-12-14-8-10-15(11-9-14)18(26)29-2/h3-11H,12-13H2,1-2H3,(H,22,25)(H,23,28)/t21-/m0/s1. The highest BCUT2D eigenvalue weighted by Gasteiger charge is 2.49. The van der Waals surface area contributed by atoms with Crippen LogP contribution in [-0.4, -0.2) is 42.4 Å². The van der Waals surface area contributed by atoms with Gasteiger partial charge in [-0.15, -0.1) is 0 Å². The van der Waals surface area contributed by atoms with Gasteiger partial charge in [-0.05, 0) is 30.2 Å². The first kappa shape index (κ1) is 20.1. The maximum absolute atomic E-state index is 12.8. The van der Waals surface area contributed by atoms with Crippen molar-refractivity contribution in [2.24, 2.45) is 0 Å². The zero-order valence-corrected chi connectivity index (χ0v) is 16.1. The minimum absolute atomic E-state index is 0.194. The highest BCUT2D eigenvalue weighted by atomic mass is 16.5. The smallest absolute Gasteiger partial charge is 0.337 e. The van der Waals surface area contributed by atoms with Crippen LogP contribution in [0, 0.1) is 0 Å². The Bertz CT molecular complexity index is 943. The Balaban J connectivity index is 1.60. The third-order valence-corrected chi connectivity index (χ3v) is 4.79. The van der Waals surface area contributed by atoms with E-state index in [0.717, 1.165) is 10.5 Å². The summed E-state index contributed by atoms with van der Waals surface area (Å²) in [4.78, 5) is 49.7. The first-order valence-corrected chi connectivity index (χ1v) is 8.99. The summed E-state index contributed by atoms with van der Waals surface area (Å²) in [5.74, 6) is -1.39. The molecule has 3 rings (SSSR count). The van der Waals surface area contributed by atoms with Crippen molar-refractivity contribution in [2.45, 2.75) is 19.0 Å². The lowest BCUT2D eigenvalue weighted by molar-refractivity contribution is -0.134. The lowest BCUT2D eigenvalue weighted by Crippen LogP contribution is -2.43. The van der Waals surface area contributed by atoms with Crippen LogP contribution in [0.2, 0.25) is 0 Å². The fourth-order valence-corrected chi connectivity index (χ4v) is 3.08. The van der Waals surface area contributed by atoms with Crippen LogP contribution in [0.5, 0.6) is 0 Å². The number of imide groups is 1. The molecule has 0 saturated carbocycles. The lowest BCUT2D eigenvalue weighted by atomic mass is 9.92. The SMILES string of the molecule is COC(=O)c1ccc(CNC(=O)CN2C(=O)N[C@@](C)(c3ccccc3)C2=O)cc1. The topological polar surface area (TPSA) is 105 Å². The number of hydrogen-bond acceptors (Lipinski definition) is 5. The van der Waals surface area contributed by atoms with Crippen molar-refractivity contribution in [3.8, 4) is 0 Å². The van der Waals surface area contributed by atoms with Crippen LogP contribution in [0.1, 0.15) is 28.4 Å². The van der Waals surface area contributed by atoms with Gasteiger partial charge in [0.15, 0.2) is 0 Å². The Kier molecular flexibility index (Phi) is 5.63. The van der Waals surface area contributed by atoms with Crippen LogP contribution in [0.25, 0.3) is 0 Å². The normalized spacial score (nSPS) is 18.3. The van der Waals surface area contributed by atoms with Gasteiger partial charge in [0.05, 0.1) is 12.7 Å². The van der Waals surface area contributed by atoms with Crippen molar-refractivity contribution in [3.63, 3.8) is 0 Å². The molecule has 1 aliphatic heterocycles. The van der Waals surface area contributed by atoms with Gasteiger partial charge in [-0.2, -0.15) is 0 Å². The molecule has 0 aliphatic carbocycles. The summed E-state index contributed by atoms with van der Waals surface area (Å²) in [6.45, 7) is 1.43. The molecule has 2 aromatic carbocycles. The minimum atomic E-state index is -1.21. The lowest BCUT2D eigenvalue weighted by Gasteiger charge is -2.22. The number of hydrogen-bond donors (Lipinski definition) is 2. The predicted octanol–water partition coefficient (Wildman–Crippen LogP) is 1.56. The Labute approximate surface area is 167 Å². The van der Waals surface area contributed by atoms with Crippen LogP contribution < -0.4 is 10.6 Å². The van der Waals surface area contributed by atoms with Crippen molar-refractivity contribution < 1.29 is 23.9 Å². The number of urea groups is 1. The maximum Gasteiger partial charge on any atom is 0.337 e. The third kappa shape index (κ3) is 4.11. The molecule has 1 saturated heterocycles. The zero-order valence-electron chi connectivity index (χ0n) is 16.1. The second-order valence-electron chi connectivity index (χ2n) is 6.78. The monoisotopic (exact) mass is 395 g/mol. The van der Waals surface area contributed by atoms with E-state index in [-0.39, 0.29) is 13.1 Å². The number of nitrogens with zero attached hydrogens (tertiary/aromatic N) is 1. The average Bonchev–Trinajstić information content (AvgIpc) is 2.96. The summed E-state index contributed by atoms with van der Waals surface area (Å²) in [7, 11) is 1.30.